The van der Waals surface area contributed by atoms with E-state index in [0.29, 0.717) is 0 Å². The maximum atomic E-state index is 9.21. The Morgan fingerprint density at radius 2 is 2.33 bits per heavy atom. The molecular formula is C7H7ClO. The van der Waals surface area contributed by atoms with Crippen LogP contribution in [0.2, 0.25) is 5.02 Å². The van der Waals surface area contributed by atoms with E-state index < -0.39 is 0 Å². The molecule has 0 fully saturated rings. The van der Waals surface area contributed by atoms with E-state index in [1.807, 2.05) is 0 Å². The molecule has 1 rings (SSSR count). The van der Waals surface area contributed by atoms with Crippen LogP contribution in [0.5, 0.6) is 5.75 Å². The second kappa shape index (κ2) is 2.28. The fraction of sp³-hybridized carbons (Fsp3) is 0.143. The quantitative estimate of drug-likeness (QED) is 0.594. The highest BCUT2D eigenvalue weighted by molar-refractivity contribution is 6.30. The molecule has 0 heterocycles. The van der Waals surface area contributed by atoms with Crippen LogP contribution in [-0.2, 0) is 0 Å². The molecule has 0 atom stereocenters. The van der Waals surface area contributed by atoms with E-state index in [4.69, 9.17) is 15.7 Å². The third-order valence-corrected chi connectivity index (χ3v) is 1.13. The molecule has 1 aromatic rings. The Labute approximate surface area is 63.1 Å². The Hall–Kier alpha value is -0.690. The first kappa shape index (κ1) is 3.47. The van der Waals surface area contributed by atoms with E-state index >= 15 is 0 Å². The van der Waals surface area contributed by atoms with Crippen molar-refractivity contribution in [3.63, 3.8) is 0 Å². The number of aromatic hydroxyl groups is 1. The molecular weight excluding hydrogens is 136 g/mol. The number of rotatable bonds is 0. The van der Waals surface area contributed by atoms with Crippen LogP contribution in [0, 0.1) is 6.92 Å². The van der Waals surface area contributed by atoms with Crippen LogP contribution in [0.4, 0.5) is 0 Å². The van der Waals surface area contributed by atoms with Crippen molar-refractivity contribution in [3.8, 4) is 5.75 Å². The van der Waals surface area contributed by atoms with E-state index in [-0.39, 0.29) is 34.5 Å². The van der Waals surface area contributed by atoms with Gasteiger partial charge in [-0.1, -0.05) is 11.6 Å². The third-order valence-electron chi connectivity index (χ3n) is 0.943. The lowest BCUT2D eigenvalue weighted by atomic mass is 10.2. The fourth-order valence-electron chi connectivity index (χ4n) is 0.463. The van der Waals surface area contributed by atoms with Gasteiger partial charge in [-0.05, 0) is 30.6 Å². The summed E-state index contributed by atoms with van der Waals surface area (Å²) in [6, 6.07) is -0.714. The van der Waals surface area contributed by atoms with Crippen LogP contribution in [0.25, 0.3) is 0 Å². The van der Waals surface area contributed by atoms with Gasteiger partial charge in [-0.3, -0.25) is 0 Å². The Morgan fingerprint density at radius 3 is 3.00 bits per heavy atom. The summed E-state index contributed by atoms with van der Waals surface area (Å²) in [4.78, 5) is 0. The number of benzene rings is 1. The summed E-state index contributed by atoms with van der Waals surface area (Å²) in [5.74, 6) is -0.339. The molecule has 0 bridgehead atoms. The van der Waals surface area contributed by atoms with Crippen molar-refractivity contribution < 1.29 is 9.22 Å². The molecule has 0 aliphatic heterocycles. The van der Waals surface area contributed by atoms with Crippen molar-refractivity contribution in [2.45, 2.75) is 6.92 Å². The zero-order chi connectivity index (χ0) is 9.46. The summed E-state index contributed by atoms with van der Waals surface area (Å²) < 4.78 is 21.8. The average molecular weight is 146 g/mol. The van der Waals surface area contributed by atoms with Crippen molar-refractivity contribution in [1.82, 2.24) is 0 Å². The van der Waals surface area contributed by atoms with Gasteiger partial charge in [0.15, 0.2) is 0 Å². The molecule has 0 aromatic heterocycles. The predicted molar refractivity (Wildman–Crippen MR) is 37.9 cm³/mol. The molecule has 0 aliphatic carbocycles. The van der Waals surface area contributed by atoms with Crippen LogP contribution in [0.15, 0.2) is 18.1 Å². The van der Waals surface area contributed by atoms with Crippen molar-refractivity contribution in [1.29, 1.82) is 0 Å². The van der Waals surface area contributed by atoms with E-state index in [0.717, 1.165) is 0 Å². The molecule has 0 amide bonds. The molecule has 0 saturated heterocycles. The van der Waals surface area contributed by atoms with Crippen molar-refractivity contribution in [3.05, 3.63) is 28.7 Å². The molecule has 1 aromatic carbocycles. The second-order valence-corrected chi connectivity index (χ2v) is 2.04. The van der Waals surface area contributed by atoms with Crippen LogP contribution < -0.4 is 0 Å². The summed E-state index contributed by atoms with van der Waals surface area (Å²) >= 11 is 5.55. The van der Waals surface area contributed by atoms with E-state index in [1.54, 1.807) is 0 Å². The zero-order valence-corrected chi connectivity index (χ0v) is 5.58. The monoisotopic (exact) mass is 145 g/mol. The predicted octanol–water partition coefficient (Wildman–Crippen LogP) is 2.35. The lowest BCUT2D eigenvalue weighted by Crippen LogP contribution is -1.71. The van der Waals surface area contributed by atoms with Gasteiger partial charge >= 0.3 is 0 Å². The van der Waals surface area contributed by atoms with Gasteiger partial charge in [-0.15, -0.1) is 0 Å². The molecule has 1 nitrogen and oxygen atoms in total. The Kier molecular flexibility index (Phi) is 0.878. The number of hydrogen-bond donors (Lipinski definition) is 1. The smallest absolute Gasteiger partial charge is 0.118 e. The zero-order valence-electron chi connectivity index (χ0n) is 7.83. The molecule has 1 N–H and O–H groups in total. The Balaban J connectivity index is 3.60. The highest BCUT2D eigenvalue weighted by Crippen LogP contribution is 2.19. The summed E-state index contributed by atoms with van der Waals surface area (Å²) in [6.07, 6.45) is 0. The molecule has 9 heavy (non-hydrogen) atoms. The number of hydrogen-bond acceptors (Lipinski definition) is 1. The van der Waals surface area contributed by atoms with Gasteiger partial charge in [0.2, 0.25) is 0 Å². The van der Waals surface area contributed by atoms with Gasteiger partial charge in [0.05, 0.1) is 4.11 Å². The summed E-state index contributed by atoms with van der Waals surface area (Å²) in [5, 5.41) is 9.12. The maximum absolute atomic E-state index is 9.21. The highest BCUT2D eigenvalue weighted by atomic mass is 35.5. The van der Waals surface area contributed by atoms with E-state index in [2.05, 4.69) is 0 Å². The summed E-state index contributed by atoms with van der Waals surface area (Å²) in [5.41, 5.74) is 0.237. The molecule has 0 radical (unpaired) electrons. The van der Waals surface area contributed by atoms with Gasteiger partial charge in [-0.25, -0.2) is 0 Å². The molecule has 2 heteroatoms. The standard InChI is InChI=1S/C7H7ClO/c1-5-4-6(8)2-3-7(5)9/h2-4,9H,1H3/i2D,3D,4D. The second-order valence-electron chi connectivity index (χ2n) is 1.66. The minimum absolute atomic E-state index is 0.0877. The van der Waals surface area contributed by atoms with E-state index in [9.17, 15) is 5.11 Å². The van der Waals surface area contributed by atoms with Crippen molar-refractivity contribution in [2.75, 3.05) is 0 Å². The number of phenolic OH excluding ortho intramolecular Hbond substituents is 1. The van der Waals surface area contributed by atoms with Crippen molar-refractivity contribution in [2.24, 2.45) is 0 Å². The summed E-state index contributed by atoms with van der Waals surface area (Å²) in [7, 11) is 0. The van der Waals surface area contributed by atoms with Gasteiger partial charge in [0.25, 0.3) is 0 Å². The Bertz CT molecular complexity index is 233. The first-order valence-corrected chi connectivity index (χ1v) is 2.79. The van der Waals surface area contributed by atoms with Crippen LogP contribution >= 0.6 is 11.6 Å². The maximum Gasteiger partial charge on any atom is 0.118 e. The largest absolute Gasteiger partial charge is 0.508 e. The molecule has 0 aliphatic rings. The Morgan fingerprint density at radius 1 is 1.67 bits per heavy atom. The average Bonchev–Trinajstić information content (AvgIpc) is 2.08. The fourth-order valence-corrected chi connectivity index (χ4v) is 0.652. The first-order valence-electron chi connectivity index (χ1n) is 3.91. The third kappa shape index (κ3) is 1.36. The van der Waals surface area contributed by atoms with E-state index in [1.165, 1.54) is 6.92 Å². The SMILES string of the molecule is [2H]c1c([2H])c(Cl)c([2H])c(C)c1O. The minimum atomic E-state index is -0.339. The lowest BCUT2D eigenvalue weighted by Gasteiger charge is -1.95. The van der Waals surface area contributed by atoms with Crippen LogP contribution in [0.1, 0.15) is 9.68 Å². The topological polar surface area (TPSA) is 20.2 Å². The molecule has 0 spiro atoms. The number of halogens is 1. The van der Waals surface area contributed by atoms with Gasteiger partial charge in [0, 0.05) is 5.02 Å². The first-order chi connectivity index (χ1) is 5.46. The minimum Gasteiger partial charge on any atom is -0.508 e. The van der Waals surface area contributed by atoms with Gasteiger partial charge < -0.3 is 5.11 Å². The highest BCUT2D eigenvalue weighted by Gasteiger charge is 1.93. The van der Waals surface area contributed by atoms with Crippen molar-refractivity contribution >= 4 is 11.6 Å². The van der Waals surface area contributed by atoms with Gasteiger partial charge in [0.1, 0.15) is 5.75 Å². The molecule has 0 saturated carbocycles. The van der Waals surface area contributed by atoms with Gasteiger partial charge in [-0.2, -0.15) is 0 Å². The normalized spacial score (nSPS) is 14.2. The molecule has 0 unspecified atom stereocenters. The molecule has 48 valence electrons. The summed E-state index contributed by atoms with van der Waals surface area (Å²) in [6.45, 7) is 1.49. The lowest BCUT2D eigenvalue weighted by molar-refractivity contribution is 0.471. The van der Waals surface area contributed by atoms with Crippen LogP contribution in [0.3, 0.4) is 0 Å². The van der Waals surface area contributed by atoms with Crippen LogP contribution in [-0.4, -0.2) is 5.11 Å². The number of phenols is 1.